The molecule has 7 nitrogen and oxygen atoms in total. The van der Waals surface area contributed by atoms with Gasteiger partial charge in [0.25, 0.3) is 5.91 Å². The number of rotatable bonds is 7. The molecular weight excluding hydrogens is 426 g/mol. The highest BCUT2D eigenvalue weighted by molar-refractivity contribution is 6.06. The van der Waals surface area contributed by atoms with Crippen LogP contribution in [0, 0.1) is 6.92 Å². The van der Waals surface area contributed by atoms with Crippen molar-refractivity contribution in [3.63, 3.8) is 0 Å². The average molecular weight is 450 g/mol. The third kappa shape index (κ3) is 4.84. The molecule has 0 aliphatic heterocycles. The first-order valence-electron chi connectivity index (χ1n) is 11.0. The molecule has 0 unspecified atom stereocenters. The number of aromatic amines is 1. The number of ether oxygens (including phenoxy) is 1. The van der Waals surface area contributed by atoms with Crippen molar-refractivity contribution in [1.29, 1.82) is 0 Å². The first-order chi connectivity index (χ1) is 16.7. The molecule has 34 heavy (non-hydrogen) atoms. The topological polar surface area (TPSA) is 92.8 Å². The van der Waals surface area contributed by atoms with Crippen molar-refractivity contribution < 1.29 is 9.53 Å². The molecule has 0 bridgehead atoms. The van der Waals surface area contributed by atoms with E-state index < -0.39 is 0 Å². The van der Waals surface area contributed by atoms with E-state index in [1.807, 2.05) is 91.9 Å². The number of carbonyl (C=O) groups is 1. The van der Waals surface area contributed by atoms with Gasteiger partial charge in [-0.3, -0.25) is 4.79 Å². The van der Waals surface area contributed by atoms with Gasteiger partial charge in [-0.15, -0.1) is 5.10 Å². The molecule has 2 N–H and O–H groups in total. The van der Waals surface area contributed by atoms with Gasteiger partial charge in [0.05, 0.1) is 18.9 Å². The lowest BCUT2D eigenvalue weighted by Crippen LogP contribution is -2.13. The van der Waals surface area contributed by atoms with E-state index in [0.29, 0.717) is 29.9 Å². The van der Waals surface area contributed by atoms with Crippen molar-refractivity contribution >= 4 is 22.8 Å². The lowest BCUT2D eigenvalue weighted by Gasteiger charge is -2.11. The fraction of sp³-hybridized carbons (Fsp3) is 0.111. The number of aryl methyl sites for hydroxylation is 1. The largest absolute Gasteiger partial charge is 0.372 e. The molecule has 7 heteroatoms. The maximum Gasteiger partial charge on any atom is 0.255 e. The average Bonchev–Trinajstić information content (AvgIpc) is 3.34. The van der Waals surface area contributed by atoms with E-state index >= 15 is 0 Å². The number of pyridine rings is 1. The summed E-state index contributed by atoms with van der Waals surface area (Å²) in [6.45, 7) is 2.99. The minimum absolute atomic E-state index is 0.170. The van der Waals surface area contributed by atoms with Crippen molar-refractivity contribution in [1.82, 2.24) is 20.4 Å². The van der Waals surface area contributed by atoms with E-state index in [-0.39, 0.29) is 5.91 Å². The third-order valence-corrected chi connectivity index (χ3v) is 5.56. The summed E-state index contributed by atoms with van der Waals surface area (Å²) in [7, 11) is 0. The highest BCUT2D eigenvalue weighted by Gasteiger charge is 2.13. The Bertz CT molecular complexity index is 1430. The molecule has 1 amide bonds. The molecule has 0 aliphatic carbocycles. The smallest absolute Gasteiger partial charge is 0.255 e. The molecule has 0 atom stereocenters. The summed E-state index contributed by atoms with van der Waals surface area (Å²) in [5, 5.41) is 13.5. The molecule has 3 aromatic carbocycles. The number of nitrogens with one attached hydrogen (secondary N) is 2. The van der Waals surface area contributed by atoms with E-state index in [1.165, 1.54) is 0 Å². The van der Waals surface area contributed by atoms with Gasteiger partial charge in [-0.25, -0.2) is 10.1 Å². The van der Waals surface area contributed by atoms with Gasteiger partial charge in [-0.05, 0) is 53.9 Å². The molecule has 0 spiro atoms. The molecule has 2 heterocycles. The lowest BCUT2D eigenvalue weighted by molar-refractivity contribution is 0.102. The van der Waals surface area contributed by atoms with E-state index in [4.69, 9.17) is 4.74 Å². The van der Waals surface area contributed by atoms with Crippen molar-refractivity contribution in [2.24, 2.45) is 0 Å². The van der Waals surface area contributed by atoms with Crippen LogP contribution in [-0.4, -0.2) is 26.3 Å². The number of benzene rings is 3. The fourth-order valence-corrected chi connectivity index (χ4v) is 3.67. The minimum atomic E-state index is -0.170. The zero-order valence-electron chi connectivity index (χ0n) is 18.7. The highest BCUT2D eigenvalue weighted by Crippen LogP contribution is 2.23. The van der Waals surface area contributed by atoms with E-state index in [1.54, 1.807) is 0 Å². The first kappa shape index (κ1) is 21.5. The predicted octanol–water partition coefficient (Wildman–Crippen LogP) is 5.30. The van der Waals surface area contributed by atoms with E-state index in [2.05, 4.69) is 25.7 Å². The Balaban J connectivity index is 1.25. The lowest BCUT2D eigenvalue weighted by atomic mass is 10.0. The second kappa shape index (κ2) is 9.64. The summed E-state index contributed by atoms with van der Waals surface area (Å²) in [5.41, 5.74) is 7.28. The molecule has 0 aliphatic rings. The van der Waals surface area contributed by atoms with Crippen LogP contribution < -0.4 is 5.32 Å². The Hall–Kier alpha value is -4.36. The normalized spacial score (nSPS) is 11.0. The maximum absolute atomic E-state index is 13.0. The highest BCUT2D eigenvalue weighted by atomic mass is 16.5. The zero-order valence-corrected chi connectivity index (χ0v) is 18.7. The van der Waals surface area contributed by atoms with Crippen LogP contribution in [0.4, 0.5) is 5.69 Å². The van der Waals surface area contributed by atoms with Gasteiger partial charge in [-0.1, -0.05) is 59.8 Å². The van der Waals surface area contributed by atoms with Crippen molar-refractivity contribution in [3.05, 3.63) is 107 Å². The third-order valence-electron chi connectivity index (χ3n) is 5.56. The molecule has 0 radical (unpaired) electrons. The number of aromatic nitrogens is 4. The number of hydrogen-bond donors (Lipinski definition) is 2. The number of anilines is 1. The molecule has 168 valence electrons. The summed E-state index contributed by atoms with van der Waals surface area (Å²) >= 11 is 0. The van der Waals surface area contributed by atoms with Crippen LogP contribution in [0.25, 0.3) is 22.4 Å². The molecule has 0 saturated carbocycles. The van der Waals surface area contributed by atoms with Gasteiger partial charge in [-0.2, -0.15) is 0 Å². The summed E-state index contributed by atoms with van der Waals surface area (Å²) in [5.74, 6) is -0.170. The van der Waals surface area contributed by atoms with Crippen molar-refractivity contribution in [3.8, 4) is 11.3 Å². The molecule has 5 aromatic rings. The zero-order chi connectivity index (χ0) is 23.3. The minimum Gasteiger partial charge on any atom is -0.372 e. The van der Waals surface area contributed by atoms with Crippen molar-refractivity contribution in [2.45, 2.75) is 20.1 Å². The van der Waals surface area contributed by atoms with Crippen LogP contribution in [0.3, 0.4) is 0 Å². The summed E-state index contributed by atoms with van der Waals surface area (Å²) in [4.78, 5) is 17.6. The van der Waals surface area contributed by atoms with Crippen LogP contribution in [0.5, 0.6) is 0 Å². The Kier molecular flexibility index (Phi) is 6.09. The van der Waals surface area contributed by atoms with Gasteiger partial charge < -0.3 is 10.1 Å². The van der Waals surface area contributed by atoms with Crippen LogP contribution >= 0.6 is 0 Å². The number of amides is 1. The fourth-order valence-electron chi connectivity index (χ4n) is 3.67. The maximum atomic E-state index is 13.0. The van der Waals surface area contributed by atoms with Gasteiger partial charge >= 0.3 is 0 Å². The van der Waals surface area contributed by atoms with Gasteiger partial charge in [0.1, 0.15) is 5.52 Å². The number of nitrogens with zero attached hydrogens (tertiary/aromatic N) is 3. The molecule has 2 aromatic heterocycles. The van der Waals surface area contributed by atoms with Crippen LogP contribution in [0.2, 0.25) is 0 Å². The van der Waals surface area contributed by atoms with Crippen molar-refractivity contribution in [2.75, 3.05) is 5.32 Å². The van der Waals surface area contributed by atoms with Gasteiger partial charge in [0, 0.05) is 16.8 Å². The first-order valence-corrected chi connectivity index (χ1v) is 11.0. The molecule has 0 fully saturated rings. The van der Waals surface area contributed by atoms with E-state index in [0.717, 1.165) is 33.6 Å². The number of fused-ring (bicyclic) bond motifs is 1. The van der Waals surface area contributed by atoms with Crippen LogP contribution in [0.15, 0.2) is 84.9 Å². The molecule has 5 rings (SSSR count). The predicted molar refractivity (Wildman–Crippen MR) is 131 cm³/mol. The van der Waals surface area contributed by atoms with E-state index in [9.17, 15) is 4.79 Å². The number of carbonyl (C=O) groups excluding carboxylic acids is 1. The standard InChI is InChI=1S/C27H23N5O2/c1-18-7-10-21(24-13-14-25-26(29-24)31-32-30-25)15-23(18)27(33)28-22-11-8-20(9-12-22)17-34-16-19-5-3-2-4-6-19/h2-15H,16-17H2,1H3,(H,28,33)(H,29,30,31,32). The van der Waals surface area contributed by atoms with Crippen LogP contribution in [-0.2, 0) is 18.0 Å². The molecule has 0 saturated heterocycles. The number of H-pyrrole nitrogens is 1. The summed E-state index contributed by atoms with van der Waals surface area (Å²) in [6, 6.07) is 27.2. The Labute approximate surface area is 196 Å². The van der Waals surface area contributed by atoms with Gasteiger partial charge in [0.2, 0.25) is 0 Å². The number of hydrogen-bond acceptors (Lipinski definition) is 5. The van der Waals surface area contributed by atoms with Crippen LogP contribution in [0.1, 0.15) is 27.0 Å². The summed E-state index contributed by atoms with van der Waals surface area (Å²) < 4.78 is 5.79. The Morgan fingerprint density at radius 2 is 1.68 bits per heavy atom. The SMILES string of the molecule is Cc1ccc(-c2ccc3nn[nH]c3n2)cc1C(=O)Nc1ccc(COCc2ccccc2)cc1. The Morgan fingerprint density at radius 3 is 2.47 bits per heavy atom. The second-order valence-electron chi connectivity index (χ2n) is 8.04. The summed E-state index contributed by atoms with van der Waals surface area (Å²) in [6.07, 6.45) is 0. The molecular formula is C27H23N5O2. The quantitative estimate of drug-likeness (QED) is 0.352. The van der Waals surface area contributed by atoms with Gasteiger partial charge in [0.15, 0.2) is 5.65 Å². The second-order valence-corrected chi connectivity index (χ2v) is 8.04. The monoisotopic (exact) mass is 449 g/mol. The Morgan fingerprint density at radius 1 is 0.912 bits per heavy atom.